The molecule has 1 amide bonds. The largest absolute Gasteiger partial charge is 0.469 e. The van der Waals surface area contributed by atoms with Gasteiger partial charge in [0.15, 0.2) is 0 Å². The summed E-state index contributed by atoms with van der Waals surface area (Å²) in [5, 5.41) is 0. The first-order chi connectivity index (χ1) is 8.04. The summed E-state index contributed by atoms with van der Waals surface area (Å²) in [7, 11) is 1.37. The lowest BCUT2D eigenvalue weighted by Crippen LogP contribution is -2.46. The number of carbonyl (C=O) groups excluding carboxylic acids is 2. The third-order valence-corrected chi connectivity index (χ3v) is 3.07. The van der Waals surface area contributed by atoms with Crippen LogP contribution in [0, 0.1) is 0 Å². The van der Waals surface area contributed by atoms with E-state index in [2.05, 4.69) is 4.74 Å². The molecule has 0 bridgehead atoms. The van der Waals surface area contributed by atoms with Gasteiger partial charge in [0.05, 0.1) is 13.5 Å². The van der Waals surface area contributed by atoms with Crippen LogP contribution in [0.1, 0.15) is 39.0 Å². The van der Waals surface area contributed by atoms with Crippen LogP contribution in [-0.2, 0) is 14.3 Å². The Morgan fingerprint density at radius 3 is 2.76 bits per heavy atom. The molecule has 0 aromatic rings. The van der Waals surface area contributed by atoms with E-state index >= 15 is 0 Å². The molecule has 1 fully saturated rings. The van der Waals surface area contributed by atoms with Crippen molar-refractivity contribution in [3.05, 3.63) is 0 Å². The topological polar surface area (TPSA) is 72.6 Å². The molecule has 98 valence electrons. The molecule has 2 unspecified atom stereocenters. The first-order valence-electron chi connectivity index (χ1n) is 6.16. The van der Waals surface area contributed by atoms with Gasteiger partial charge in [-0.15, -0.1) is 0 Å². The molecule has 17 heavy (non-hydrogen) atoms. The van der Waals surface area contributed by atoms with Crippen LogP contribution in [0.15, 0.2) is 0 Å². The first-order valence-corrected chi connectivity index (χ1v) is 6.16. The van der Waals surface area contributed by atoms with E-state index in [-0.39, 0.29) is 24.0 Å². The van der Waals surface area contributed by atoms with E-state index in [4.69, 9.17) is 5.73 Å². The van der Waals surface area contributed by atoms with Crippen molar-refractivity contribution in [2.24, 2.45) is 5.73 Å². The van der Waals surface area contributed by atoms with Gasteiger partial charge >= 0.3 is 5.97 Å². The number of hydrogen-bond acceptors (Lipinski definition) is 4. The van der Waals surface area contributed by atoms with Gasteiger partial charge < -0.3 is 15.4 Å². The average Bonchev–Trinajstić information content (AvgIpc) is 2.28. The predicted molar refractivity (Wildman–Crippen MR) is 64.3 cm³/mol. The fraction of sp³-hybridized carbons (Fsp3) is 0.833. The van der Waals surface area contributed by atoms with Crippen LogP contribution in [-0.4, -0.2) is 42.5 Å². The monoisotopic (exact) mass is 242 g/mol. The number of nitrogens with two attached hydrogens (primary N) is 1. The Bertz CT molecular complexity index is 279. The number of carbonyl (C=O) groups is 2. The molecule has 0 spiro atoms. The minimum absolute atomic E-state index is 0.0116. The number of rotatable bonds is 4. The van der Waals surface area contributed by atoms with Gasteiger partial charge in [0, 0.05) is 25.0 Å². The van der Waals surface area contributed by atoms with Gasteiger partial charge in [0.2, 0.25) is 5.91 Å². The normalized spacial score (nSPS) is 22.1. The Morgan fingerprint density at radius 1 is 1.47 bits per heavy atom. The number of nitrogens with zero attached hydrogens (tertiary/aromatic N) is 1. The second-order valence-electron chi connectivity index (χ2n) is 4.70. The highest BCUT2D eigenvalue weighted by molar-refractivity contribution is 5.78. The van der Waals surface area contributed by atoms with Crippen molar-refractivity contribution >= 4 is 11.9 Å². The van der Waals surface area contributed by atoms with Crippen molar-refractivity contribution in [3.8, 4) is 0 Å². The van der Waals surface area contributed by atoms with Crippen LogP contribution >= 0.6 is 0 Å². The summed E-state index contributed by atoms with van der Waals surface area (Å²) in [6, 6.07) is -0.148. The Hall–Kier alpha value is -1.10. The lowest BCUT2D eigenvalue weighted by molar-refractivity contribution is -0.144. The van der Waals surface area contributed by atoms with Crippen molar-refractivity contribution in [1.82, 2.24) is 4.90 Å². The molecule has 2 atom stereocenters. The van der Waals surface area contributed by atoms with Crippen molar-refractivity contribution in [2.75, 3.05) is 13.7 Å². The van der Waals surface area contributed by atoms with Gasteiger partial charge in [-0.25, -0.2) is 0 Å². The molecule has 5 heteroatoms. The van der Waals surface area contributed by atoms with E-state index < -0.39 is 0 Å². The maximum Gasteiger partial charge on any atom is 0.307 e. The van der Waals surface area contributed by atoms with E-state index in [0.717, 1.165) is 25.8 Å². The third-order valence-electron chi connectivity index (χ3n) is 3.07. The zero-order valence-corrected chi connectivity index (χ0v) is 10.6. The van der Waals surface area contributed by atoms with Crippen LogP contribution in [0.25, 0.3) is 0 Å². The van der Waals surface area contributed by atoms with Gasteiger partial charge in [-0.3, -0.25) is 9.59 Å². The fourth-order valence-corrected chi connectivity index (χ4v) is 2.21. The standard InChI is InChI=1S/C12H22N2O3/c1-9(13)7-11(15)14-6-4-3-5-10(14)8-12(16)17-2/h9-10H,3-8,13H2,1-2H3. The minimum atomic E-state index is -0.254. The molecular weight excluding hydrogens is 220 g/mol. The van der Waals surface area contributed by atoms with E-state index in [1.165, 1.54) is 7.11 Å². The smallest absolute Gasteiger partial charge is 0.307 e. The van der Waals surface area contributed by atoms with Crippen molar-refractivity contribution in [2.45, 2.75) is 51.1 Å². The number of esters is 1. The van der Waals surface area contributed by atoms with Crippen LogP contribution in [0.2, 0.25) is 0 Å². The minimum Gasteiger partial charge on any atom is -0.469 e. The molecular formula is C12H22N2O3. The van der Waals surface area contributed by atoms with Crippen molar-refractivity contribution in [1.29, 1.82) is 0 Å². The summed E-state index contributed by atoms with van der Waals surface area (Å²) in [5.74, 6) is -0.205. The Balaban J connectivity index is 2.58. The number of methoxy groups -OCH3 is 1. The number of piperidine rings is 1. The molecule has 2 N–H and O–H groups in total. The molecule has 5 nitrogen and oxygen atoms in total. The highest BCUT2D eigenvalue weighted by Gasteiger charge is 2.28. The van der Waals surface area contributed by atoms with Crippen LogP contribution in [0.3, 0.4) is 0 Å². The SMILES string of the molecule is COC(=O)CC1CCCCN1C(=O)CC(C)N. The van der Waals surface area contributed by atoms with Crippen molar-refractivity contribution < 1.29 is 14.3 Å². The van der Waals surface area contributed by atoms with E-state index in [1.54, 1.807) is 4.90 Å². The summed E-state index contributed by atoms with van der Waals surface area (Å²) in [6.07, 6.45) is 3.57. The molecule has 0 radical (unpaired) electrons. The summed E-state index contributed by atoms with van der Waals surface area (Å²) in [6.45, 7) is 2.55. The summed E-state index contributed by atoms with van der Waals surface area (Å²) >= 11 is 0. The second-order valence-corrected chi connectivity index (χ2v) is 4.70. The first kappa shape index (κ1) is 14.0. The molecule has 1 rings (SSSR count). The zero-order chi connectivity index (χ0) is 12.8. The fourth-order valence-electron chi connectivity index (χ4n) is 2.21. The van der Waals surface area contributed by atoms with E-state index in [1.807, 2.05) is 6.92 Å². The highest BCUT2D eigenvalue weighted by atomic mass is 16.5. The number of hydrogen-bond donors (Lipinski definition) is 1. The number of ether oxygens (including phenoxy) is 1. The molecule has 1 aliphatic heterocycles. The lowest BCUT2D eigenvalue weighted by Gasteiger charge is -2.35. The van der Waals surface area contributed by atoms with Gasteiger partial charge in [-0.2, -0.15) is 0 Å². The second kappa shape index (κ2) is 6.59. The molecule has 0 aliphatic carbocycles. The molecule has 0 aromatic heterocycles. The highest BCUT2D eigenvalue weighted by Crippen LogP contribution is 2.21. The Labute approximate surface area is 102 Å². The van der Waals surface area contributed by atoms with Gasteiger partial charge in [0.25, 0.3) is 0 Å². The number of likely N-dealkylation sites (tertiary alicyclic amines) is 1. The van der Waals surface area contributed by atoms with Gasteiger partial charge in [-0.1, -0.05) is 0 Å². The van der Waals surface area contributed by atoms with Crippen LogP contribution in [0.5, 0.6) is 0 Å². The van der Waals surface area contributed by atoms with Crippen LogP contribution in [0.4, 0.5) is 0 Å². The van der Waals surface area contributed by atoms with E-state index in [0.29, 0.717) is 12.8 Å². The molecule has 1 heterocycles. The Morgan fingerprint density at radius 2 is 2.18 bits per heavy atom. The van der Waals surface area contributed by atoms with E-state index in [9.17, 15) is 9.59 Å². The molecule has 1 aliphatic rings. The maximum atomic E-state index is 12.0. The number of amides is 1. The molecule has 0 aromatic carbocycles. The Kier molecular flexibility index (Phi) is 5.41. The quantitative estimate of drug-likeness (QED) is 0.735. The van der Waals surface area contributed by atoms with Crippen LogP contribution < -0.4 is 5.73 Å². The maximum absolute atomic E-state index is 12.0. The summed E-state index contributed by atoms with van der Waals surface area (Å²) in [4.78, 5) is 25.1. The zero-order valence-electron chi connectivity index (χ0n) is 10.6. The third kappa shape index (κ3) is 4.34. The van der Waals surface area contributed by atoms with Crippen molar-refractivity contribution in [3.63, 3.8) is 0 Å². The predicted octanol–water partition coefficient (Wildman–Crippen LogP) is 0.668. The molecule has 0 saturated carbocycles. The summed E-state index contributed by atoms with van der Waals surface area (Å²) < 4.78 is 4.66. The van der Waals surface area contributed by atoms with Gasteiger partial charge in [-0.05, 0) is 26.2 Å². The van der Waals surface area contributed by atoms with Gasteiger partial charge in [0.1, 0.15) is 0 Å². The molecule has 1 saturated heterocycles. The lowest BCUT2D eigenvalue weighted by atomic mass is 9.98. The average molecular weight is 242 g/mol. The summed E-state index contributed by atoms with van der Waals surface area (Å²) in [5.41, 5.74) is 5.63.